The molecular weight excluding hydrogens is 323 g/mol. The van der Waals surface area contributed by atoms with Gasteiger partial charge in [-0.15, -0.1) is 0 Å². The summed E-state index contributed by atoms with van der Waals surface area (Å²) in [5, 5.41) is 0. The lowest BCUT2D eigenvalue weighted by molar-refractivity contribution is -0.168. The Labute approximate surface area is 147 Å². The molecule has 3 rings (SSSR count). The van der Waals surface area contributed by atoms with Crippen LogP contribution < -0.4 is 0 Å². The van der Waals surface area contributed by atoms with Crippen LogP contribution in [0.15, 0.2) is 24.3 Å². The fourth-order valence-electron chi connectivity index (χ4n) is 4.00. The molecule has 0 radical (unpaired) electrons. The van der Waals surface area contributed by atoms with E-state index < -0.39 is 12.1 Å². The average molecular weight is 348 g/mol. The average Bonchev–Trinajstić information content (AvgIpc) is 2.57. The number of likely N-dealkylation sites (N-methyl/N-ethyl adjacent to an activating group) is 1. The molecule has 0 N–H and O–H groups in total. The van der Waals surface area contributed by atoms with E-state index in [2.05, 4.69) is 13.8 Å². The predicted molar refractivity (Wildman–Crippen MR) is 91.2 cm³/mol. The lowest BCUT2D eigenvalue weighted by atomic mass is 9.90. The minimum atomic E-state index is -0.759. The molecule has 2 fully saturated rings. The Bertz CT molecular complexity index is 639. The highest BCUT2D eigenvalue weighted by Gasteiger charge is 2.42. The predicted octanol–water partition coefficient (Wildman–Crippen LogP) is 2.23. The van der Waals surface area contributed by atoms with E-state index in [1.807, 2.05) is 4.90 Å². The summed E-state index contributed by atoms with van der Waals surface area (Å²) in [4.78, 5) is 28.6. The van der Waals surface area contributed by atoms with Crippen molar-refractivity contribution in [2.75, 3.05) is 26.7 Å². The van der Waals surface area contributed by atoms with Gasteiger partial charge in [0, 0.05) is 20.1 Å². The van der Waals surface area contributed by atoms with Crippen molar-refractivity contribution in [3.05, 3.63) is 35.6 Å². The Kier molecular flexibility index (Phi) is 5.08. The molecule has 2 amide bonds. The maximum Gasteiger partial charge on any atom is 0.254 e. The van der Waals surface area contributed by atoms with Crippen LogP contribution >= 0.6 is 0 Å². The first-order chi connectivity index (χ1) is 11.9. The standard InChI is InChI=1S/C19H25FN2O3/c1-12-8-13(2)10-22(9-12)19(24)18-17(21(3)16(23)11-25-18)14-4-6-15(20)7-5-14/h4-7,12-13,17-18H,8-11H2,1-3H3. The van der Waals surface area contributed by atoms with Gasteiger partial charge in [-0.1, -0.05) is 26.0 Å². The van der Waals surface area contributed by atoms with Crippen molar-refractivity contribution >= 4 is 11.8 Å². The number of nitrogens with zero attached hydrogens (tertiary/aromatic N) is 2. The van der Waals surface area contributed by atoms with E-state index in [1.165, 1.54) is 17.0 Å². The van der Waals surface area contributed by atoms with Gasteiger partial charge in [-0.3, -0.25) is 9.59 Å². The van der Waals surface area contributed by atoms with Gasteiger partial charge < -0.3 is 14.5 Å². The topological polar surface area (TPSA) is 49.9 Å². The Morgan fingerprint density at radius 3 is 2.36 bits per heavy atom. The Balaban J connectivity index is 1.87. The number of likely N-dealkylation sites (tertiary alicyclic amines) is 1. The van der Waals surface area contributed by atoms with E-state index >= 15 is 0 Å². The normalized spacial score (nSPS) is 30.5. The molecule has 1 aromatic carbocycles. The number of carbonyl (C=O) groups is 2. The second kappa shape index (κ2) is 7.12. The zero-order chi connectivity index (χ0) is 18.1. The van der Waals surface area contributed by atoms with Gasteiger partial charge in [0.15, 0.2) is 6.10 Å². The molecule has 2 aliphatic rings. The molecule has 5 nitrogen and oxygen atoms in total. The van der Waals surface area contributed by atoms with E-state index in [-0.39, 0.29) is 24.2 Å². The highest BCUT2D eigenvalue weighted by molar-refractivity contribution is 5.86. The van der Waals surface area contributed by atoms with Gasteiger partial charge in [-0.25, -0.2) is 4.39 Å². The summed E-state index contributed by atoms with van der Waals surface area (Å²) < 4.78 is 18.9. The second-order valence-electron chi connectivity index (χ2n) is 7.42. The zero-order valence-corrected chi connectivity index (χ0v) is 14.9. The fourth-order valence-corrected chi connectivity index (χ4v) is 4.00. The lowest BCUT2D eigenvalue weighted by Gasteiger charge is -2.42. The van der Waals surface area contributed by atoms with Crippen LogP contribution in [0.25, 0.3) is 0 Å². The molecule has 0 aromatic heterocycles. The largest absolute Gasteiger partial charge is 0.356 e. The number of piperidine rings is 1. The van der Waals surface area contributed by atoms with Gasteiger partial charge in [0.2, 0.25) is 5.91 Å². The number of halogens is 1. The number of benzene rings is 1. The first-order valence-corrected chi connectivity index (χ1v) is 8.78. The van der Waals surface area contributed by atoms with Crippen molar-refractivity contribution in [3.63, 3.8) is 0 Å². The third kappa shape index (κ3) is 3.68. The summed E-state index contributed by atoms with van der Waals surface area (Å²) >= 11 is 0. The first kappa shape index (κ1) is 17.9. The maximum absolute atomic E-state index is 13.3. The number of hydrogen-bond acceptors (Lipinski definition) is 3. The summed E-state index contributed by atoms with van der Waals surface area (Å²) in [5.74, 6) is 0.265. The molecule has 25 heavy (non-hydrogen) atoms. The van der Waals surface area contributed by atoms with Crippen LogP contribution in [0.5, 0.6) is 0 Å². The van der Waals surface area contributed by atoms with Gasteiger partial charge in [0.05, 0.1) is 6.04 Å². The Morgan fingerprint density at radius 2 is 1.76 bits per heavy atom. The summed E-state index contributed by atoms with van der Waals surface area (Å²) in [6.07, 6.45) is 0.348. The minimum Gasteiger partial charge on any atom is -0.356 e. The van der Waals surface area contributed by atoms with Crippen LogP contribution in [0.3, 0.4) is 0 Å². The third-order valence-electron chi connectivity index (χ3n) is 5.12. The molecule has 1 aromatic rings. The van der Waals surface area contributed by atoms with E-state index in [4.69, 9.17) is 4.74 Å². The number of morpholine rings is 1. The molecule has 0 bridgehead atoms. The van der Waals surface area contributed by atoms with Crippen LogP contribution in [0.2, 0.25) is 0 Å². The van der Waals surface area contributed by atoms with Gasteiger partial charge >= 0.3 is 0 Å². The highest BCUT2D eigenvalue weighted by Crippen LogP contribution is 2.32. The van der Waals surface area contributed by atoms with Crippen molar-refractivity contribution in [2.24, 2.45) is 11.8 Å². The van der Waals surface area contributed by atoms with Crippen LogP contribution in [0.4, 0.5) is 4.39 Å². The minimum absolute atomic E-state index is 0.0907. The molecule has 136 valence electrons. The van der Waals surface area contributed by atoms with Gasteiger partial charge in [-0.2, -0.15) is 0 Å². The number of rotatable bonds is 2. The Hall–Kier alpha value is -1.95. The van der Waals surface area contributed by atoms with Gasteiger partial charge in [0.25, 0.3) is 5.91 Å². The summed E-state index contributed by atoms with van der Waals surface area (Å²) in [7, 11) is 1.67. The van der Waals surface area contributed by atoms with Crippen molar-refractivity contribution in [3.8, 4) is 0 Å². The molecule has 2 saturated heterocycles. The summed E-state index contributed by atoms with van der Waals surface area (Å²) in [5.41, 5.74) is 0.702. The number of carbonyl (C=O) groups excluding carboxylic acids is 2. The first-order valence-electron chi connectivity index (χ1n) is 8.78. The van der Waals surface area contributed by atoms with E-state index in [0.717, 1.165) is 6.42 Å². The van der Waals surface area contributed by atoms with Crippen molar-refractivity contribution in [1.82, 2.24) is 9.80 Å². The van der Waals surface area contributed by atoms with Crippen LogP contribution in [0, 0.1) is 17.7 Å². The summed E-state index contributed by atoms with van der Waals surface area (Å²) in [6, 6.07) is 5.37. The Morgan fingerprint density at radius 1 is 1.16 bits per heavy atom. The van der Waals surface area contributed by atoms with Crippen LogP contribution in [-0.4, -0.2) is 54.5 Å². The summed E-state index contributed by atoms with van der Waals surface area (Å²) in [6.45, 7) is 5.59. The molecule has 2 heterocycles. The lowest BCUT2D eigenvalue weighted by Crippen LogP contribution is -2.55. The molecule has 4 unspecified atom stereocenters. The molecule has 6 heteroatoms. The molecule has 4 atom stereocenters. The number of hydrogen-bond donors (Lipinski definition) is 0. The zero-order valence-electron chi connectivity index (χ0n) is 14.9. The maximum atomic E-state index is 13.3. The van der Waals surface area contributed by atoms with Crippen LogP contribution in [0.1, 0.15) is 31.9 Å². The van der Waals surface area contributed by atoms with E-state index in [0.29, 0.717) is 30.5 Å². The smallest absolute Gasteiger partial charge is 0.254 e. The fraction of sp³-hybridized carbons (Fsp3) is 0.579. The highest BCUT2D eigenvalue weighted by atomic mass is 19.1. The number of amides is 2. The molecule has 2 aliphatic heterocycles. The second-order valence-corrected chi connectivity index (χ2v) is 7.42. The van der Waals surface area contributed by atoms with Crippen molar-refractivity contribution in [2.45, 2.75) is 32.4 Å². The van der Waals surface area contributed by atoms with Gasteiger partial charge in [-0.05, 0) is 36.0 Å². The monoisotopic (exact) mass is 348 g/mol. The third-order valence-corrected chi connectivity index (χ3v) is 5.12. The van der Waals surface area contributed by atoms with E-state index in [1.54, 1.807) is 19.2 Å². The van der Waals surface area contributed by atoms with Crippen LogP contribution in [-0.2, 0) is 14.3 Å². The quantitative estimate of drug-likeness (QED) is 0.824. The number of ether oxygens (including phenoxy) is 1. The molecule has 0 aliphatic carbocycles. The molecule has 0 saturated carbocycles. The van der Waals surface area contributed by atoms with E-state index in [9.17, 15) is 14.0 Å². The van der Waals surface area contributed by atoms with Gasteiger partial charge in [0.1, 0.15) is 12.4 Å². The van der Waals surface area contributed by atoms with Crippen molar-refractivity contribution < 1.29 is 18.7 Å². The SMILES string of the molecule is CC1CC(C)CN(C(=O)C2OCC(=O)N(C)C2c2ccc(F)cc2)C1. The molecular formula is C19H25FN2O3. The molecule has 0 spiro atoms. The van der Waals surface area contributed by atoms with Crippen molar-refractivity contribution in [1.29, 1.82) is 0 Å².